The van der Waals surface area contributed by atoms with Gasteiger partial charge in [-0.15, -0.1) is 6.58 Å². The molecule has 0 aromatic heterocycles. The van der Waals surface area contributed by atoms with Gasteiger partial charge in [-0.25, -0.2) is 13.2 Å². The molecule has 1 heterocycles. The third-order valence-electron chi connectivity index (χ3n) is 3.57. The summed E-state index contributed by atoms with van der Waals surface area (Å²) in [7, 11) is -3.99. The maximum atomic E-state index is 12.8. The maximum Gasteiger partial charge on any atom is 0.424 e. The standard InChI is InChI=1S/C16H19NO4S/c1-5-6-12(3)15-13(4)21-16(18)17(15)22(19,20)14-9-7-11(2)8-10-14/h5,7-10,13,15H,1,3,6H2,2,4H3/t13-,15-/m0/s1. The zero-order valence-corrected chi connectivity index (χ0v) is 13.5. The zero-order valence-electron chi connectivity index (χ0n) is 12.7. The number of aryl methyl sites for hydroxylation is 1. The van der Waals surface area contributed by atoms with Crippen LogP contribution in [-0.2, 0) is 14.8 Å². The van der Waals surface area contributed by atoms with Gasteiger partial charge in [0.1, 0.15) is 12.1 Å². The summed E-state index contributed by atoms with van der Waals surface area (Å²) >= 11 is 0. The molecule has 1 aromatic rings. The molecule has 0 bridgehead atoms. The van der Waals surface area contributed by atoms with E-state index in [9.17, 15) is 13.2 Å². The molecule has 0 aliphatic carbocycles. The predicted molar refractivity (Wildman–Crippen MR) is 83.9 cm³/mol. The fourth-order valence-corrected chi connectivity index (χ4v) is 4.02. The summed E-state index contributed by atoms with van der Waals surface area (Å²) in [5.41, 5.74) is 1.51. The van der Waals surface area contributed by atoms with Gasteiger partial charge >= 0.3 is 6.09 Å². The predicted octanol–water partition coefficient (Wildman–Crippen LogP) is 3.03. The van der Waals surface area contributed by atoms with Gasteiger partial charge in [0, 0.05) is 0 Å². The fraction of sp³-hybridized carbons (Fsp3) is 0.312. The van der Waals surface area contributed by atoms with Gasteiger partial charge in [0.25, 0.3) is 10.0 Å². The van der Waals surface area contributed by atoms with Crippen molar-refractivity contribution in [2.24, 2.45) is 0 Å². The van der Waals surface area contributed by atoms with Gasteiger partial charge in [0.15, 0.2) is 0 Å². The second-order valence-electron chi connectivity index (χ2n) is 5.30. The molecular weight excluding hydrogens is 302 g/mol. The summed E-state index contributed by atoms with van der Waals surface area (Å²) in [4.78, 5) is 12.1. The number of carbonyl (C=O) groups is 1. The van der Waals surface area contributed by atoms with E-state index < -0.39 is 28.3 Å². The highest BCUT2D eigenvalue weighted by Crippen LogP contribution is 2.32. The number of allylic oxidation sites excluding steroid dienone is 1. The van der Waals surface area contributed by atoms with Crippen LogP contribution >= 0.6 is 0 Å². The van der Waals surface area contributed by atoms with E-state index in [1.165, 1.54) is 12.1 Å². The second kappa shape index (κ2) is 5.96. The van der Waals surface area contributed by atoms with Crippen LogP contribution in [0, 0.1) is 6.92 Å². The lowest BCUT2D eigenvalue weighted by atomic mass is 10.0. The number of hydrogen-bond donors (Lipinski definition) is 0. The largest absolute Gasteiger partial charge is 0.443 e. The molecule has 22 heavy (non-hydrogen) atoms. The van der Waals surface area contributed by atoms with Crippen LogP contribution in [-0.4, -0.2) is 31.0 Å². The molecule has 0 spiro atoms. The molecule has 1 aromatic carbocycles. The van der Waals surface area contributed by atoms with Gasteiger partial charge in [-0.2, -0.15) is 4.31 Å². The lowest BCUT2D eigenvalue weighted by Crippen LogP contribution is -2.41. The summed E-state index contributed by atoms with van der Waals surface area (Å²) in [5, 5.41) is 0. The number of carbonyl (C=O) groups excluding carboxylic acids is 1. The van der Waals surface area contributed by atoms with Crippen LogP contribution in [0.3, 0.4) is 0 Å². The number of nitrogens with zero attached hydrogens (tertiary/aromatic N) is 1. The van der Waals surface area contributed by atoms with Crippen molar-refractivity contribution in [3.8, 4) is 0 Å². The van der Waals surface area contributed by atoms with E-state index in [4.69, 9.17) is 4.74 Å². The summed E-state index contributed by atoms with van der Waals surface area (Å²) in [6.07, 6.45) is 0.573. The molecule has 2 atom stereocenters. The van der Waals surface area contributed by atoms with Crippen molar-refractivity contribution >= 4 is 16.1 Å². The Hall–Kier alpha value is -2.08. The van der Waals surface area contributed by atoms with Crippen LogP contribution in [0.25, 0.3) is 0 Å². The van der Waals surface area contributed by atoms with Crippen molar-refractivity contribution in [2.75, 3.05) is 0 Å². The van der Waals surface area contributed by atoms with E-state index in [1.54, 1.807) is 25.1 Å². The van der Waals surface area contributed by atoms with Crippen LogP contribution in [0.5, 0.6) is 0 Å². The van der Waals surface area contributed by atoms with Crippen molar-refractivity contribution in [2.45, 2.75) is 37.3 Å². The molecule has 6 heteroatoms. The number of hydrogen-bond acceptors (Lipinski definition) is 4. The van der Waals surface area contributed by atoms with Gasteiger partial charge in [-0.1, -0.05) is 30.4 Å². The molecule has 2 rings (SSSR count). The molecule has 0 unspecified atom stereocenters. The molecule has 1 amide bonds. The van der Waals surface area contributed by atoms with Crippen LogP contribution in [0.15, 0.2) is 54.0 Å². The highest BCUT2D eigenvalue weighted by Gasteiger charge is 2.47. The molecule has 0 radical (unpaired) electrons. The smallest absolute Gasteiger partial charge is 0.424 e. The van der Waals surface area contributed by atoms with Crippen molar-refractivity contribution in [3.63, 3.8) is 0 Å². The topological polar surface area (TPSA) is 63.7 Å². The van der Waals surface area contributed by atoms with Gasteiger partial charge in [0.05, 0.1) is 4.90 Å². The highest BCUT2D eigenvalue weighted by molar-refractivity contribution is 7.89. The zero-order chi connectivity index (χ0) is 16.5. The fourth-order valence-electron chi connectivity index (χ4n) is 2.45. The summed E-state index contributed by atoms with van der Waals surface area (Å²) in [6, 6.07) is 5.61. The molecule has 118 valence electrons. The Labute approximate surface area is 130 Å². The number of ether oxygens (including phenoxy) is 1. The minimum Gasteiger partial charge on any atom is -0.443 e. The number of amides is 1. The first-order valence-electron chi connectivity index (χ1n) is 6.89. The van der Waals surface area contributed by atoms with E-state index in [2.05, 4.69) is 13.2 Å². The first-order chi connectivity index (χ1) is 10.3. The molecule has 0 saturated carbocycles. The average Bonchev–Trinajstić information content (AvgIpc) is 2.75. The summed E-state index contributed by atoms with van der Waals surface area (Å²) in [5.74, 6) is 0. The normalized spacial score (nSPS) is 21.5. The van der Waals surface area contributed by atoms with Crippen molar-refractivity contribution in [1.29, 1.82) is 0 Å². The summed E-state index contributed by atoms with van der Waals surface area (Å²) < 4.78 is 31.4. The van der Waals surface area contributed by atoms with Gasteiger partial charge < -0.3 is 4.74 Å². The Kier molecular flexibility index (Phi) is 4.42. The molecule has 1 aliphatic rings. The third-order valence-corrected chi connectivity index (χ3v) is 5.33. The Morgan fingerprint density at radius 1 is 1.36 bits per heavy atom. The van der Waals surface area contributed by atoms with Crippen molar-refractivity contribution < 1.29 is 17.9 Å². The van der Waals surface area contributed by atoms with Crippen LogP contribution in [0.2, 0.25) is 0 Å². The monoisotopic (exact) mass is 321 g/mol. The SMILES string of the molecule is C=CCC(=C)[C@H]1[C@H](C)OC(=O)N1S(=O)(=O)c1ccc(C)cc1. The van der Waals surface area contributed by atoms with Crippen molar-refractivity contribution in [3.05, 3.63) is 54.6 Å². The Balaban J connectivity index is 2.46. The molecule has 1 saturated heterocycles. The van der Waals surface area contributed by atoms with Crippen LogP contribution in [0.1, 0.15) is 18.9 Å². The maximum absolute atomic E-state index is 12.8. The van der Waals surface area contributed by atoms with Gasteiger partial charge in [-0.3, -0.25) is 0 Å². The summed E-state index contributed by atoms with van der Waals surface area (Å²) in [6.45, 7) is 11.0. The first kappa shape index (κ1) is 16.3. The minimum atomic E-state index is -3.99. The molecule has 0 N–H and O–H groups in total. The lowest BCUT2D eigenvalue weighted by Gasteiger charge is -2.24. The Morgan fingerprint density at radius 2 is 1.95 bits per heavy atom. The number of benzene rings is 1. The third kappa shape index (κ3) is 2.78. The van der Waals surface area contributed by atoms with Crippen LogP contribution < -0.4 is 0 Å². The quantitative estimate of drug-likeness (QED) is 0.782. The van der Waals surface area contributed by atoms with E-state index in [0.29, 0.717) is 12.0 Å². The van der Waals surface area contributed by atoms with E-state index >= 15 is 0 Å². The molecule has 1 fully saturated rings. The molecule has 5 nitrogen and oxygen atoms in total. The molecule has 1 aliphatic heterocycles. The number of sulfonamides is 1. The van der Waals surface area contributed by atoms with Gasteiger partial charge in [-0.05, 0) is 38.0 Å². The molecular formula is C16H19NO4S. The van der Waals surface area contributed by atoms with E-state index in [-0.39, 0.29) is 4.90 Å². The highest BCUT2D eigenvalue weighted by atomic mass is 32.2. The van der Waals surface area contributed by atoms with Crippen LogP contribution in [0.4, 0.5) is 4.79 Å². The Morgan fingerprint density at radius 3 is 2.50 bits per heavy atom. The lowest BCUT2D eigenvalue weighted by molar-refractivity contribution is 0.141. The van der Waals surface area contributed by atoms with E-state index in [0.717, 1.165) is 9.87 Å². The van der Waals surface area contributed by atoms with Crippen molar-refractivity contribution in [1.82, 2.24) is 4.31 Å². The number of cyclic esters (lactones) is 1. The minimum absolute atomic E-state index is 0.0561. The second-order valence-corrected chi connectivity index (χ2v) is 7.11. The number of rotatable bonds is 5. The first-order valence-corrected chi connectivity index (χ1v) is 8.33. The van der Waals surface area contributed by atoms with E-state index in [1.807, 2.05) is 6.92 Å². The van der Waals surface area contributed by atoms with Gasteiger partial charge in [0.2, 0.25) is 0 Å². The Bertz CT molecular complexity index is 706. The average molecular weight is 321 g/mol.